The molecule has 0 unspecified atom stereocenters. The van der Waals surface area contributed by atoms with E-state index in [2.05, 4.69) is 164 Å². The second-order valence-electron chi connectivity index (χ2n) is 15.3. The number of para-hydroxylation sites is 2. The molecule has 3 heterocycles. The third-order valence-electron chi connectivity index (χ3n) is 12.0. The van der Waals surface area contributed by atoms with Crippen LogP contribution in [0.1, 0.15) is 25.0 Å². The normalized spacial score (nSPS) is 13.5. The van der Waals surface area contributed by atoms with Gasteiger partial charge in [-0.15, -0.1) is 0 Å². The van der Waals surface area contributed by atoms with Crippen LogP contribution in [-0.4, -0.2) is 4.57 Å². The van der Waals surface area contributed by atoms with Crippen LogP contribution in [0.4, 0.5) is 0 Å². The van der Waals surface area contributed by atoms with E-state index < -0.39 is 0 Å². The highest BCUT2D eigenvalue weighted by Gasteiger charge is 2.38. The van der Waals surface area contributed by atoms with Gasteiger partial charge in [-0.05, 0) is 99.6 Å². The molecule has 1 aliphatic carbocycles. The predicted molar refractivity (Wildman–Crippen MR) is 224 cm³/mol. The first-order valence-corrected chi connectivity index (χ1v) is 18.7. The van der Waals surface area contributed by atoms with Gasteiger partial charge in [0.15, 0.2) is 0 Å². The molecule has 0 aliphatic heterocycles. The van der Waals surface area contributed by atoms with E-state index in [0.717, 1.165) is 38.8 Å². The molecule has 3 nitrogen and oxygen atoms in total. The van der Waals surface area contributed by atoms with Gasteiger partial charge < -0.3 is 13.4 Å². The molecule has 0 N–H and O–H groups in total. The summed E-state index contributed by atoms with van der Waals surface area (Å²) in [6.45, 7) is 4.69. The lowest BCUT2D eigenvalue weighted by Crippen LogP contribution is -2.14. The fourth-order valence-corrected chi connectivity index (χ4v) is 9.33. The predicted octanol–water partition coefficient (Wildman–Crippen LogP) is 14.2. The smallest absolute Gasteiger partial charge is 0.143 e. The third kappa shape index (κ3) is 4.01. The highest BCUT2D eigenvalue weighted by Crippen LogP contribution is 2.53. The van der Waals surface area contributed by atoms with E-state index in [9.17, 15) is 0 Å². The highest BCUT2D eigenvalue weighted by molar-refractivity contribution is 6.14. The van der Waals surface area contributed by atoms with Crippen molar-refractivity contribution in [1.29, 1.82) is 0 Å². The van der Waals surface area contributed by atoms with Gasteiger partial charge >= 0.3 is 0 Å². The summed E-state index contributed by atoms with van der Waals surface area (Å²) < 4.78 is 15.2. The molecule has 0 fully saturated rings. The summed E-state index contributed by atoms with van der Waals surface area (Å²) in [5.74, 6) is 0. The van der Waals surface area contributed by atoms with E-state index in [-0.39, 0.29) is 5.41 Å². The van der Waals surface area contributed by atoms with Gasteiger partial charge in [-0.3, -0.25) is 0 Å². The van der Waals surface area contributed by atoms with Gasteiger partial charge in [-0.2, -0.15) is 0 Å². The van der Waals surface area contributed by atoms with Crippen LogP contribution in [-0.2, 0) is 5.41 Å². The quantitative estimate of drug-likeness (QED) is 0.185. The molecule has 0 spiro atoms. The highest BCUT2D eigenvalue weighted by atomic mass is 16.3. The Hall–Kier alpha value is -6.84. The van der Waals surface area contributed by atoms with Crippen molar-refractivity contribution in [2.75, 3.05) is 0 Å². The van der Waals surface area contributed by atoms with Crippen LogP contribution in [0.25, 0.3) is 105 Å². The third-order valence-corrected chi connectivity index (χ3v) is 12.0. The lowest BCUT2D eigenvalue weighted by Gasteiger charge is -2.22. The van der Waals surface area contributed by atoms with Crippen LogP contribution in [0.5, 0.6) is 0 Å². The topological polar surface area (TPSA) is 31.2 Å². The van der Waals surface area contributed by atoms with Gasteiger partial charge in [0.25, 0.3) is 0 Å². The van der Waals surface area contributed by atoms with E-state index in [1.807, 2.05) is 18.2 Å². The van der Waals surface area contributed by atoms with Crippen LogP contribution in [0.15, 0.2) is 173 Å². The maximum Gasteiger partial charge on any atom is 0.143 e. The first-order valence-electron chi connectivity index (χ1n) is 18.7. The summed E-state index contributed by atoms with van der Waals surface area (Å²) >= 11 is 0. The molecule has 3 aromatic heterocycles. The van der Waals surface area contributed by atoms with Gasteiger partial charge in [0.1, 0.15) is 22.3 Å². The Morgan fingerprint density at radius 2 is 1.02 bits per heavy atom. The van der Waals surface area contributed by atoms with E-state index in [1.54, 1.807) is 0 Å². The van der Waals surface area contributed by atoms with Crippen molar-refractivity contribution in [2.24, 2.45) is 0 Å². The monoisotopic (exact) mass is 691 g/mol. The van der Waals surface area contributed by atoms with Crippen molar-refractivity contribution < 1.29 is 8.83 Å². The summed E-state index contributed by atoms with van der Waals surface area (Å²) in [6.07, 6.45) is 0. The van der Waals surface area contributed by atoms with Crippen LogP contribution >= 0.6 is 0 Å². The molecule has 0 bridgehead atoms. The van der Waals surface area contributed by atoms with Gasteiger partial charge in [0.05, 0.1) is 11.0 Å². The lowest BCUT2D eigenvalue weighted by molar-refractivity contribution is 0.653. The molecule has 0 radical (unpaired) electrons. The fourth-order valence-electron chi connectivity index (χ4n) is 9.33. The zero-order valence-electron chi connectivity index (χ0n) is 29.9. The first kappa shape index (κ1) is 29.7. The molecule has 0 atom stereocenters. The van der Waals surface area contributed by atoms with Crippen molar-refractivity contribution in [3.63, 3.8) is 0 Å². The van der Waals surface area contributed by atoms with Crippen molar-refractivity contribution in [1.82, 2.24) is 4.57 Å². The van der Waals surface area contributed by atoms with Crippen molar-refractivity contribution >= 4 is 65.7 Å². The minimum absolute atomic E-state index is 0.172. The first-order chi connectivity index (χ1) is 26.5. The number of benzene rings is 8. The number of fused-ring (bicyclic) bond motifs is 13. The second-order valence-corrected chi connectivity index (χ2v) is 15.3. The number of nitrogens with zero attached hydrogens (tertiary/aromatic N) is 1. The molecule has 54 heavy (non-hydrogen) atoms. The summed E-state index contributed by atoms with van der Waals surface area (Å²) in [5.41, 5.74) is 17.0. The molecular weight excluding hydrogens is 659 g/mol. The zero-order valence-corrected chi connectivity index (χ0v) is 29.9. The minimum Gasteiger partial charge on any atom is -0.456 e. The molecule has 12 rings (SSSR count). The van der Waals surface area contributed by atoms with E-state index in [0.29, 0.717) is 0 Å². The number of rotatable bonds is 3. The molecule has 0 amide bonds. The Morgan fingerprint density at radius 1 is 0.407 bits per heavy atom. The lowest BCUT2D eigenvalue weighted by atomic mass is 9.81. The van der Waals surface area contributed by atoms with Crippen molar-refractivity contribution in [3.8, 4) is 39.1 Å². The van der Waals surface area contributed by atoms with Gasteiger partial charge in [-0.1, -0.05) is 117 Å². The molecular formula is C51H33NO2. The second kappa shape index (κ2) is 10.6. The van der Waals surface area contributed by atoms with E-state index in [1.165, 1.54) is 77.1 Å². The molecule has 8 aromatic carbocycles. The summed E-state index contributed by atoms with van der Waals surface area (Å²) in [5, 5.41) is 7.05. The molecule has 1 aliphatic rings. The maximum absolute atomic E-state index is 6.56. The van der Waals surface area contributed by atoms with Gasteiger partial charge in [0.2, 0.25) is 0 Å². The fraction of sp³-hybridized carbons (Fsp3) is 0.0588. The van der Waals surface area contributed by atoms with Crippen molar-refractivity contribution in [3.05, 3.63) is 175 Å². The van der Waals surface area contributed by atoms with Gasteiger partial charge in [-0.25, -0.2) is 0 Å². The number of hydrogen-bond donors (Lipinski definition) is 0. The summed E-state index contributed by atoms with van der Waals surface area (Å²) in [7, 11) is 0. The average molecular weight is 692 g/mol. The Bertz CT molecular complexity index is 3350. The largest absolute Gasteiger partial charge is 0.456 e. The SMILES string of the molecule is CC1(C)c2cc(-c3ccc4c(c3)c3cc(-c5ccccc5)ccc3n4-c3ccc4oc5ccccc5c4c3)ccc2-c2c1ccc1c2oc2ccccc21. The average Bonchev–Trinajstić information content (AvgIpc) is 3.94. The molecule has 11 aromatic rings. The van der Waals surface area contributed by atoms with Crippen molar-refractivity contribution in [2.45, 2.75) is 19.3 Å². The van der Waals surface area contributed by atoms with Crippen LogP contribution in [0.3, 0.4) is 0 Å². The standard InChI is InChI=1S/C51H33NO2/c1-51(2)42-22-21-37-35-12-6-9-15-47(35)54-50(37)49(42)38-20-16-33(28-43(38)51)32-18-24-45-40(27-32)39-26-31(30-10-4-3-5-11-30)17-23-44(39)52(45)34-19-25-48-41(29-34)36-13-7-8-14-46(36)53-48/h3-29H,1-2H3. The van der Waals surface area contributed by atoms with Gasteiger partial charge in [0, 0.05) is 49.0 Å². The Morgan fingerprint density at radius 3 is 1.78 bits per heavy atom. The number of hydrogen-bond acceptors (Lipinski definition) is 2. The van der Waals surface area contributed by atoms with Crippen LogP contribution in [0.2, 0.25) is 0 Å². The molecule has 0 saturated carbocycles. The van der Waals surface area contributed by atoms with E-state index >= 15 is 0 Å². The Labute approximate surface area is 311 Å². The van der Waals surface area contributed by atoms with Crippen LogP contribution < -0.4 is 0 Å². The Kier molecular flexibility index (Phi) is 5.84. The molecule has 0 saturated heterocycles. The molecule has 3 heteroatoms. The minimum atomic E-state index is -0.172. The van der Waals surface area contributed by atoms with Crippen LogP contribution in [0, 0.1) is 0 Å². The van der Waals surface area contributed by atoms with E-state index in [4.69, 9.17) is 8.83 Å². The number of furan rings is 2. The number of aromatic nitrogens is 1. The Balaban J connectivity index is 1.06. The molecule has 254 valence electrons. The summed E-state index contributed by atoms with van der Waals surface area (Å²) in [6, 6.07) is 59.3. The zero-order chi connectivity index (χ0) is 35.7. The maximum atomic E-state index is 6.56. The summed E-state index contributed by atoms with van der Waals surface area (Å²) in [4.78, 5) is 0.